The molecule has 76 valence electrons. The number of hydrogen-bond donors (Lipinski definition) is 1. The topological polar surface area (TPSA) is 32.6 Å². The fraction of sp³-hybridized carbons (Fsp3) is 0.300. The van der Waals surface area contributed by atoms with Gasteiger partial charge in [0.15, 0.2) is 0 Å². The van der Waals surface area contributed by atoms with E-state index in [-0.39, 0.29) is 11.5 Å². The molecule has 0 amide bonds. The first-order valence-corrected chi connectivity index (χ1v) is 4.22. The van der Waals surface area contributed by atoms with Crippen molar-refractivity contribution in [3.63, 3.8) is 0 Å². The molecule has 0 aliphatic heterocycles. The van der Waals surface area contributed by atoms with Crippen LogP contribution in [0.4, 0.5) is 8.78 Å². The zero-order valence-corrected chi connectivity index (χ0v) is 7.96. The molecular formula is C10H11F2NO. The maximum Gasteiger partial charge on any atom is 0.135 e. The third kappa shape index (κ3) is 2.07. The summed E-state index contributed by atoms with van der Waals surface area (Å²) in [7, 11) is 0. The molecule has 1 rings (SSSR count). The van der Waals surface area contributed by atoms with E-state index in [0.29, 0.717) is 5.56 Å². The minimum atomic E-state index is -0.716. The lowest BCUT2D eigenvalue weighted by atomic mass is 9.97. The Labute approximate surface area is 80.9 Å². The highest BCUT2D eigenvalue weighted by atomic mass is 19.1. The molecule has 14 heavy (non-hydrogen) atoms. The molecule has 0 saturated carbocycles. The third-order valence-electron chi connectivity index (χ3n) is 1.94. The number of benzene rings is 1. The van der Waals surface area contributed by atoms with Gasteiger partial charge in [-0.1, -0.05) is 19.0 Å². The molecule has 0 aromatic heterocycles. The second-order valence-corrected chi connectivity index (χ2v) is 3.29. The minimum Gasteiger partial charge on any atom is -0.411 e. The van der Waals surface area contributed by atoms with Gasteiger partial charge in [0, 0.05) is 11.6 Å². The first kappa shape index (κ1) is 10.6. The van der Waals surface area contributed by atoms with Crippen molar-refractivity contribution in [2.75, 3.05) is 0 Å². The summed E-state index contributed by atoms with van der Waals surface area (Å²) < 4.78 is 26.1. The Morgan fingerprint density at radius 2 is 2.00 bits per heavy atom. The molecule has 0 saturated heterocycles. The Morgan fingerprint density at radius 1 is 1.36 bits per heavy atom. The van der Waals surface area contributed by atoms with Crippen LogP contribution in [-0.4, -0.2) is 11.4 Å². The summed E-state index contributed by atoms with van der Waals surface area (Å²) in [5.41, 5.74) is 0.615. The Morgan fingerprint density at radius 3 is 2.50 bits per heavy atom. The lowest BCUT2D eigenvalue weighted by molar-refractivity contribution is 0.321. The average molecular weight is 199 g/mol. The minimum absolute atomic E-state index is 0.0341. The monoisotopic (exact) mass is 199 g/mol. The van der Waals surface area contributed by atoms with Crippen molar-refractivity contribution in [3.05, 3.63) is 34.9 Å². The van der Waals surface area contributed by atoms with Gasteiger partial charge in [-0.15, -0.1) is 0 Å². The van der Waals surface area contributed by atoms with Crippen LogP contribution in [0.3, 0.4) is 0 Å². The molecule has 0 aliphatic rings. The molecule has 1 aromatic carbocycles. The van der Waals surface area contributed by atoms with Crippen LogP contribution in [0.2, 0.25) is 0 Å². The molecule has 0 spiro atoms. The van der Waals surface area contributed by atoms with Crippen molar-refractivity contribution in [1.29, 1.82) is 0 Å². The van der Waals surface area contributed by atoms with E-state index in [1.807, 2.05) is 13.8 Å². The fourth-order valence-electron chi connectivity index (χ4n) is 1.28. The van der Waals surface area contributed by atoms with Gasteiger partial charge >= 0.3 is 0 Å². The fourth-order valence-corrected chi connectivity index (χ4v) is 1.28. The van der Waals surface area contributed by atoms with Crippen molar-refractivity contribution in [2.45, 2.75) is 19.8 Å². The second kappa shape index (κ2) is 4.17. The van der Waals surface area contributed by atoms with Crippen molar-refractivity contribution in [3.8, 4) is 0 Å². The zero-order valence-electron chi connectivity index (χ0n) is 7.96. The highest BCUT2D eigenvalue weighted by molar-refractivity contribution is 5.81. The Hall–Kier alpha value is -1.45. The molecule has 1 N–H and O–H groups in total. The SMILES string of the molecule is CC(C)c1cc(F)cc(F)c1/C=N/O. The number of rotatable bonds is 2. The molecule has 0 bridgehead atoms. The van der Waals surface area contributed by atoms with Crippen molar-refractivity contribution >= 4 is 6.21 Å². The standard InChI is InChI=1S/C10H11F2NO/c1-6(2)8-3-7(11)4-10(12)9(8)5-13-14/h3-6,14H,1-2H3/b13-5+. The molecule has 4 heteroatoms. The van der Waals surface area contributed by atoms with Gasteiger partial charge in [-0.25, -0.2) is 8.78 Å². The Balaban J connectivity index is 3.36. The van der Waals surface area contributed by atoms with Crippen LogP contribution in [0.25, 0.3) is 0 Å². The lowest BCUT2D eigenvalue weighted by Crippen LogP contribution is -2.00. The van der Waals surface area contributed by atoms with Crippen molar-refractivity contribution < 1.29 is 14.0 Å². The van der Waals surface area contributed by atoms with E-state index in [1.165, 1.54) is 6.07 Å². The molecule has 1 aromatic rings. The van der Waals surface area contributed by atoms with Crippen LogP contribution in [0, 0.1) is 11.6 Å². The summed E-state index contributed by atoms with van der Waals surface area (Å²) in [6, 6.07) is 2.01. The van der Waals surface area contributed by atoms with Crippen LogP contribution in [0.5, 0.6) is 0 Å². The van der Waals surface area contributed by atoms with Gasteiger partial charge in [0.05, 0.1) is 6.21 Å². The highest BCUT2D eigenvalue weighted by Gasteiger charge is 2.12. The van der Waals surface area contributed by atoms with Gasteiger partial charge in [0.1, 0.15) is 11.6 Å². The predicted octanol–water partition coefficient (Wildman–Crippen LogP) is 2.90. The summed E-state index contributed by atoms with van der Waals surface area (Å²) in [5.74, 6) is -1.37. The first-order valence-electron chi connectivity index (χ1n) is 4.22. The number of hydrogen-bond acceptors (Lipinski definition) is 2. The van der Waals surface area contributed by atoms with Gasteiger partial charge in [0.2, 0.25) is 0 Å². The highest BCUT2D eigenvalue weighted by Crippen LogP contribution is 2.22. The Bertz CT molecular complexity index is 361. The van der Waals surface area contributed by atoms with E-state index in [4.69, 9.17) is 5.21 Å². The van der Waals surface area contributed by atoms with E-state index in [2.05, 4.69) is 5.16 Å². The molecular weight excluding hydrogens is 188 g/mol. The Kier molecular flexibility index (Phi) is 3.17. The van der Waals surface area contributed by atoms with Crippen LogP contribution in [-0.2, 0) is 0 Å². The molecule has 0 radical (unpaired) electrons. The quantitative estimate of drug-likeness (QED) is 0.443. The van der Waals surface area contributed by atoms with Gasteiger partial charge in [-0.2, -0.15) is 0 Å². The van der Waals surface area contributed by atoms with Gasteiger partial charge < -0.3 is 5.21 Å². The van der Waals surface area contributed by atoms with E-state index in [9.17, 15) is 8.78 Å². The maximum atomic E-state index is 13.2. The lowest BCUT2D eigenvalue weighted by Gasteiger charge is -2.09. The van der Waals surface area contributed by atoms with E-state index in [1.54, 1.807) is 0 Å². The van der Waals surface area contributed by atoms with Crippen LogP contribution in [0.1, 0.15) is 30.9 Å². The average Bonchev–Trinajstić information content (AvgIpc) is 2.09. The molecule has 0 fully saturated rings. The smallest absolute Gasteiger partial charge is 0.135 e. The third-order valence-corrected chi connectivity index (χ3v) is 1.94. The second-order valence-electron chi connectivity index (χ2n) is 3.29. The molecule has 0 atom stereocenters. The number of oxime groups is 1. The van der Waals surface area contributed by atoms with Crippen LogP contribution >= 0.6 is 0 Å². The van der Waals surface area contributed by atoms with E-state index in [0.717, 1.165) is 12.3 Å². The molecule has 0 aliphatic carbocycles. The first-order chi connectivity index (χ1) is 6.56. The van der Waals surface area contributed by atoms with E-state index < -0.39 is 11.6 Å². The van der Waals surface area contributed by atoms with Gasteiger partial charge in [0.25, 0.3) is 0 Å². The maximum absolute atomic E-state index is 13.2. The van der Waals surface area contributed by atoms with Gasteiger partial charge in [-0.3, -0.25) is 0 Å². The molecule has 2 nitrogen and oxygen atoms in total. The van der Waals surface area contributed by atoms with Gasteiger partial charge in [-0.05, 0) is 17.5 Å². The summed E-state index contributed by atoms with van der Waals surface area (Å²) >= 11 is 0. The summed E-state index contributed by atoms with van der Waals surface area (Å²) in [6.07, 6.45) is 0.976. The number of halogens is 2. The normalized spacial score (nSPS) is 11.5. The summed E-state index contributed by atoms with van der Waals surface area (Å²) in [4.78, 5) is 0. The summed E-state index contributed by atoms with van der Waals surface area (Å²) in [6.45, 7) is 3.62. The molecule has 0 heterocycles. The summed E-state index contributed by atoms with van der Waals surface area (Å²) in [5, 5.41) is 11.1. The van der Waals surface area contributed by atoms with E-state index >= 15 is 0 Å². The van der Waals surface area contributed by atoms with Crippen LogP contribution in [0.15, 0.2) is 17.3 Å². The predicted molar refractivity (Wildman–Crippen MR) is 49.8 cm³/mol. The van der Waals surface area contributed by atoms with Crippen molar-refractivity contribution in [2.24, 2.45) is 5.16 Å². The number of nitrogens with zero attached hydrogens (tertiary/aromatic N) is 1. The largest absolute Gasteiger partial charge is 0.411 e. The molecule has 0 unspecified atom stereocenters. The van der Waals surface area contributed by atoms with Crippen LogP contribution < -0.4 is 0 Å². The van der Waals surface area contributed by atoms with Crippen molar-refractivity contribution in [1.82, 2.24) is 0 Å². The zero-order chi connectivity index (χ0) is 10.7.